The lowest BCUT2D eigenvalue weighted by Gasteiger charge is -2.32. The number of aliphatic carboxylic acids is 1. The molecule has 0 unspecified atom stereocenters. The molecule has 1 saturated heterocycles. The Hall–Kier alpha value is -2.41. The van der Waals surface area contributed by atoms with Gasteiger partial charge in [0.1, 0.15) is 12.4 Å². The average molecular weight is 366 g/mol. The molecule has 1 aromatic heterocycles. The normalized spacial score (nSPS) is 17.5. The number of carboxylic acids is 1. The van der Waals surface area contributed by atoms with E-state index in [-0.39, 0.29) is 29.0 Å². The highest BCUT2D eigenvalue weighted by Gasteiger charge is 2.27. The number of hydrogen-bond acceptors (Lipinski definition) is 3. The summed E-state index contributed by atoms with van der Waals surface area (Å²) in [4.78, 5) is 25.0. The average Bonchev–Trinajstić information content (AvgIpc) is 3.04. The number of carbonyl (C=O) groups excluding carboxylic acids is 1. The third-order valence-corrected chi connectivity index (χ3v) is 4.56. The number of piperidine rings is 1. The molecule has 0 radical (unpaired) electrons. The molecule has 2 heterocycles. The van der Waals surface area contributed by atoms with E-state index in [0.717, 1.165) is 24.6 Å². The molecular weight excluding hydrogens is 349 g/mol. The molecule has 6 nitrogen and oxygen atoms in total. The van der Waals surface area contributed by atoms with Crippen molar-refractivity contribution in [1.82, 2.24) is 14.7 Å². The second-order valence-corrected chi connectivity index (χ2v) is 6.46. The molecule has 25 heavy (non-hydrogen) atoms. The summed E-state index contributed by atoms with van der Waals surface area (Å²) in [6, 6.07) is 5.82. The highest BCUT2D eigenvalue weighted by molar-refractivity contribution is 6.30. The third-order valence-electron chi connectivity index (χ3n) is 4.25. The number of aromatic nitrogens is 2. The Kier molecular flexibility index (Phi) is 5.03. The minimum atomic E-state index is -0.958. The number of benzene rings is 1. The van der Waals surface area contributed by atoms with Gasteiger partial charge in [-0.15, -0.1) is 0 Å². The van der Waals surface area contributed by atoms with Gasteiger partial charge in [-0.3, -0.25) is 14.3 Å². The van der Waals surface area contributed by atoms with Gasteiger partial charge in [0, 0.05) is 30.8 Å². The molecule has 0 spiro atoms. The molecule has 1 aromatic carbocycles. The van der Waals surface area contributed by atoms with E-state index in [0.29, 0.717) is 13.1 Å². The maximum Gasteiger partial charge on any atom is 0.325 e. The minimum Gasteiger partial charge on any atom is -0.480 e. The van der Waals surface area contributed by atoms with Crippen LogP contribution >= 0.6 is 11.6 Å². The van der Waals surface area contributed by atoms with E-state index >= 15 is 0 Å². The van der Waals surface area contributed by atoms with Crippen molar-refractivity contribution in [2.45, 2.75) is 25.3 Å². The smallest absolute Gasteiger partial charge is 0.325 e. The van der Waals surface area contributed by atoms with Crippen molar-refractivity contribution in [3.8, 4) is 0 Å². The zero-order valence-electron chi connectivity index (χ0n) is 13.4. The highest BCUT2D eigenvalue weighted by atomic mass is 35.5. The molecule has 0 bridgehead atoms. The molecule has 1 N–H and O–H groups in total. The van der Waals surface area contributed by atoms with E-state index in [2.05, 4.69) is 5.10 Å². The molecule has 1 aliphatic heterocycles. The zero-order valence-corrected chi connectivity index (χ0v) is 14.1. The highest BCUT2D eigenvalue weighted by Crippen LogP contribution is 2.27. The molecular formula is C17H17ClFN3O3. The van der Waals surface area contributed by atoms with Crippen molar-refractivity contribution in [2.75, 3.05) is 13.1 Å². The summed E-state index contributed by atoms with van der Waals surface area (Å²) in [6.45, 7) is 0.863. The second-order valence-electron chi connectivity index (χ2n) is 6.05. The summed E-state index contributed by atoms with van der Waals surface area (Å²) < 4.78 is 15.0. The second kappa shape index (κ2) is 7.23. The van der Waals surface area contributed by atoms with Gasteiger partial charge in [0.05, 0.1) is 10.7 Å². The third kappa shape index (κ3) is 3.99. The van der Waals surface area contributed by atoms with Crippen molar-refractivity contribution in [3.05, 3.63) is 52.6 Å². The predicted molar refractivity (Wildman–Crippen MR) is 89.2 cm³/mol. The number of hydrogen-bond donors (Lipinski definition) is 1. The first-order chi connectivity index (χ1) is 11.9. The van der Waals surface area contributed by atoms with Crippen molar-refractivity contribution < 1.29 is 19.1 Å². The van der Waals surface area contributed by atoms with Crippen molar-refractivity contribution in [1.29, 1.82) is 0 Å². The molecule has 3 rings (SSSR count). The van der Waals surface area contributed by atoms with E-state index < -0.39 is 11.8 Å². The summed E-state index contributed by atoms with van der Waals surface area (Å²) in [5.74, 6) is -1.79. The van der Waals surface area contributed by atoms with Crippen LogP contribution < -0.4 is 0 Å². The molecule has 1 aliphatic rings. The maximum absolute atomic E-state index is 13.6. The Labute approximate surface area is 148 Å². The lowest BCUT2D eigenvalue weighted by Crippen LogP contribution is -2.39. The number of likely N-dealkylation sites (tertiary alicyclic amines) is 1. The van der Waals surface area contributed by atoms with Crippen LogP contribution in [0.4, 0.5) is 4.39 Å². The lowest BCUT2D eigenvalue weighted by molar-refractivity contribution is -0.137. The van der Waals surface area contributed by atoms with Crippen molar-refractivity contribution >= 4 is 23.5 Å². The molecule has 1 atom stereocenters. The Balaban J connectivity index is 1.72. The van der Waals surface area contributed by atoms with Gasteiger partial charge >= 0.3 is 5.97 Å². The van der Waals surface area contributed by atoms with Gasteiger partial charge in [-0.2, -0.15) is 5.10 Å². The van der Waals surface area contributed by atoms with Gasteiger partial charge in [-0.05, 0) is 37.1 Å². The first-order valence-corrected chi connectivity index (χ1v) is 8.31. The van der Waals surface area contributed by atoms with Gasteiger partial charge in [0.2, 0.25) is 0 Å². The molecule has 8 heteroatoms. The van der Waals surface area contributed by atoms with Crippen LogP contribution in [0.3, 0.4) is 0 Å². The maximum atomic E-state index is 13.6. The van der Waals surface area contributed by atoms with E-state index in [1.54, 1.807) is 17.2 Å². The lowest BCUT2D eigenvalue weighted by atomic mass is 9.94. The van der Waals surface area contributed by atoms with Crippen molar-refractivity contribution in [2.24, 2.45) is 0 Å². The fraction of sp³-hybridized carbons (Fsp3) is 0.353. The molecule has 132 valence electrons. The van der Waals surface area contributed by atoms with E-state index in [9.17, 15) is 14.0 Å². The number of rotatable bonds is 4. The van der Waals surface area contributed by atoms with Gasteiger partial charge < -0.3 is 10.0 Å². The fourth-order valence-corrected chi connectivity index (χ4v) is 3.15. The first kappa shape index (κ1) is 17.4. The topological polar surface area (TPSA) is 75.4 Å². The summed E-state index contributed by atoms with van der Waals surface area (Å²) >= 11 is 5.66. The van der Waals surface area contributed by atoms with Gasteiger partial charge in [0.25, 0.3) is 5.91 Å². The quantitative estimate of drug-likeness (QED) is 0.904. The minimum absolute atomic E-state index is 0.0166. The SMILES string of the molecule is O=C(O)Cn1ccc([C@@H]2CCCN(C(=O)c3ccc(Cl)c(F)c3)C2)n1. The fourth-order valence-electron chi connectivity index (χ4n) is 3.04. The van der Waals surface area contributed by atoms with E-state index in [1.165, 1.54) is 16.8 Å². The first-order valence-electron chi connectivity index (χ1n) is 7.93. The molecule has 0 saturated carbocycles. The summed E-state index contributed by atoms with van der Waals surface area (Å²) in [6.07, 6.45) is 3.29. The van der Waals surface area contributed by atoms with E-state index in [4.69, 9.17) is 16.7 Å². The van der Waals surface area contributed by atoms with Gasteiger partial charge in [-0.25, -0.2) is 4.39 Å². The molecule has 2 aromatic rings. The van der Waals surface area contributed by atoms with Crippen LogP contribution in [-0.2, 0) is 11.3 Å². The Morgan fingerprint density at radius 2 is 2.16 bits per heavy atom. The van der Waals surface area contributed by atoms with Crippen LogP contribution in [0.1, 0.15) is 34.8 Å². The number of carbonyl (C=O) groups is 2. The molecule has 1 fully saturated rings. The van der Waals surface area contributed by atoms with Crippen LogP contribution in [-0.4, -0.2) is 44.8 Å². The predicted octanol–water partition coefficient (Wildman–Crippen LogP) is 2.78. The van der Waals surface area contributed by atoms with Crippen molar-refractivity contribution in [3.63, 3.8) is 0 Å². The Morgan fingerprint density at radius 3 is 2.88 bits per heavy atom. The number of halogens is 2. The standard InChI is InChI=1S/C17H17ClFN3O3/c18-13-4-3-11(8-14(13)19)17(25)21-6-1-2-12(9-21)15-5-7-22(20-15)10-16(23)24/h3-5,7-8,12H,1-2,6,9-10H2,(H,23,24)/t12-/m1/s1. The summed E-state index contributed by atoms with van der Waals surface area (Å²) in [7, 11) is 0. The van der Waals surface area contributed by atoms with Crippen LogP contribution in [0.2, 0.25) is 5.02 Å². The zero-order chi connectivity index (χ0) is 18.0. The van der Waals surface area contributed by atoms with Crippen LogP contribution in [0, 0.1) is 5.82 Å². The molecule has 1 amide bonds. The van der Waals surface area contributed by atoms with E-state index in [1.807, 2.05) is 0 Å². The summed E-state index contributed by atoms with van der Waals surface area (Å²) in [5, 5.41) is 13.1. The largest absolute Gasteiger partial charge is 0.480 e. The summed E-state index contributed by atoms with van der Waals surface area (Å²) in [5.41, 5.74) is 1.03. The Bertz CT molecular complexity index is 808. The number of nitrogens with zero attached hydrogens (tertiary/aromatic N) is 3. The Morgan fingerprint density at radius 1 is 1.36 bits per heavy atom. The number of amides is 1. The van der Waals surface area contributed by atoms with Gasteiger partial charge in [0.15, 0.2) is 0 Å². The molecule has 0 aliphatic carbocycles. The number of carboxylic acid groups (broad SMARTS) is 1. The van der Waals surface area contributed by atoms with Gasteiger partial charge in [-0.1, -0.05) is 11.6 Å². The van der Waals surface area contributed by atoms with Crippen LogP contribution in [0.25, 0.3) is 0 Å². The van der Waals surface area contributed by atoms with Crippen LogP contribution in [0.5, 0.6) is 0 Å². The monoisotopic (exact) mass is 365 g/mol. The van der Waals surface area contributed by atoms with Crippen LogP contribution in [0.15, 0.2) is 30.5 Å².